The highest BCUT2D eigenvalue weighted by Gasteiger charge is 2.29. The van der Waals surface area contributed by atoms with Crippen molar-refractivity contribution < 1.29 is 18.0 Å². The fourth-order valence-corrected chi connectivity index (χ4v) is 2.23. The van der Waals surface area contributed by atoms with Crippen LogP contribution in [0.25, 0.3) is 0 Å². The van der Waals surface area contributed by atoms with Crippen LogP contribution in [0, 0.1) is 0 Å². The molecule has 0 aromatic carbocycles. The van der Waals surface area contributed by atoms with Gasteiger partial charge >= 0.3 is 6.18 Å². The fourth-order valence-electron chi connectivity index (χ4n) is 1.28. The molecule has 0 aliphatic heterocycles. The van der Waals surface area contributed by atoms with Crippen molar-refractivity contribution in [2.45, 2.75) is 19.5 Å². The zero-order chi connectivity index (χ0) is 14.6. The lowest BCUT2D eigenvalue weighted by Crippen LogP contribution is -2.30. The van der Waals surface area contributed by atoms with Crippen LogP contribution in [0.4, 0.5) is 24.1 Å². The van der Waals surface area contributed by atoms with Crippen molar-refractivity contribution in [1.29, 1.82) is 0 Å². The van der Waals surface area contributed by atoms with Gasteiger partial charge in [0.1, 0.15) is 10.7 Å². The Morgan fingerprint density at radius 3 is 2.68 bits per heavy atom. The van der Waals surface area contributed by atoms with Crippen molar-refractivity contribution in [2.75, 3.05) is 31.2 Å². The standard InChI is InChI=1S/C10H15F3N4OS/c1-3-15-9-16-7(14)6(19-9)8(18)17(2)5-4-10(11,12)13/h3-5,14H2,1-2H3,(H,15,16). The molecule has 0 fully saturated rings. The van der Waals surface area contributed by atoms with E-state index in [-0.39, 0.29) is 10.7 Å². The van der Waals surface area contributed by atoms with E-state index in [0.717, 1.165) is 16.2 Å². The molecule has 108 valence electrons. The summed E-state index contributed by atoms with van der Waals surface area (Å²) in [6.07, 6.45) is -5.34. The number of aromatic nitrogens is 1. The van der Waals surface area contributed by atoms with E-state index in [2.05, 4.69) is 10.3 Å². The molecule has 3 N–H and O–H groups in total. The number of hydrogen-bond acceptors (Lipinski definition) is 5. The maximum atomic E-state index is 12.1. The molecule has 0 aliphatic carbocycles. The van der Waals surface area contributed by atoms with Gasteiger partial charge in [0.2, 0.25) is 0 Å². The Morgan fingerprint density at radius 2 is 2.16 bits per heavy atom. The number of rotatable bonds is 5. The minimum Gasteiger partial charge on any atom is -0.382 e. The number of carbonyl (C=O) groups excluding carboxylic acids is 1. The third-order valence-corrected chi connectivity index (χ3v) is 3.27. The Morgan fingerprint density at radius 1 is 1.53 bits per heavy atom. The predicted octanol–water partition coefficient (Wildman–Crippen LogP) is 2.18. The van der Waals surface area contributed by atoms with Crippen molar-refractivity contribution in [3.05, 3.63) is 4.88 Å². The second-order valence-corrected chi connectivity index (χ2v) is 4.85. The number of nitrogens with zero attached hydrogens (tertiary/aromatic N) is 2. The first kappa shape index (κ1) is 15.5. The van der Waals surface area contributed by atoms with Gasteiger partial charge in [-0.1, -0.05) is 11.3 Å². The molecule has 0 unspecified atom stereocenters. The Balaban J connectivity index is 2.71. The molecule has 0 saturated carbocycles. The molecule has 5 nitrogen and oxygen atoms in total. The Bertz CT molecular complexity index is 446. The smallest absolute Gasteiger partial charge is 0.382 e. The van der Waals surface area contributed by atoms with Crippen LogP contribution in [-0.4, -0.2) is 42.1 Å². The molecule has 0 bridgehead atoms. The Hall–Kier alpha value is -1.51. The summed E-state index contributed by atoms with van der Waals surface area (Å²) in [6.45, 7) is 2.06. The monoisotopic (exact) mass is 296 g/mol. The highest BCUT2D eigenvalue weighted by molar-refractivity contribution is 7.18. The van der Waals surface area contributed by atoms with Gasteiger partial charge in [0, 0.05) is 20.1 Å². The van der Waals surface area contributed by atoms with Gasteiger partial charge < -0.3 is 16.0 Å². The first-order chi connectivity index (χ1) is 8.74. The van der Waals surface area contributed by atoms with Crippen LogP contribution < -0.4 is 11.1 Å². The fraction of sp³-hybridized carbons (Fsp3) is 0.600. The van der Waals surface area contributed by atoms with Crippen LogP contribution in [0.1, 0.15) is 23.0 Å². The van der Waals surface area contributed by atoms with Crippen molar-refractivity contribution >= 4 is 28.2 Å². The minimum absolute atomic E-state index is 0.0322. The van der Waals surface area contributed by atoms with Crippen molar-refractivity contribution in [3.8, 4) is 0 Å². The molecule has 0 spiro atoms. The lowest BCUT2D eigenvalue weighted by Gasteiger charge is -2.17. The summed E-state index contributed by atoms with van der Waals surface area (Å²) in [5, 5.41) is 3.37. The van der Waals surface area contributed by atoms with Crippen LogP contribution in [0.15, 0.2) is 0 Å². The lowest BCUT2D eigenvalue weighted by atomic mass is 10.3. The van der Waals surface area contributed by atoms with Gasteiger partial charge in [-0.3, -0.25) is 4.79 Å². The van der Waals surface area contributed by atoms with Crippen molar-refractivity contribution in [1.82, 2.24) is 9.88 Å². The van der Waals surface area contributed by atoms with E-state index in [0.29, 0.717) is 11.7 Å². The van der Waals surface area contributed by atoms with Gasteiger partial charge in [-0.25, -0.2) is 4.98 Å². The van der Waals surface area contributed by atoms with Gasteiger partial charge in [-0.15, -0.1) is 0 Å². The molecule has 9 heteroatoms. The minimum atomic E-state index is -4.29. The van der Waals surface area contributed by atoms with E-state index < -0.39 is 25.0 Å². The number of alkyl halides is 3. The molecule has 1 rings (SSSR count). The van der Waals surface area contributed by atoms with E-state index in [1.165, 1.54) is 7.05 Å². The second kappa shape index (κ2) is 6.09. The van der Waals surface area contributed by atoms with Crippen LogP contribution in [0.3, 0.4) is 0 Å². The molecular formula is C10H15F3N4OS. The van der Waals surface area contributed by atoms with E-state index in [4.69, 9.17) is 5.73 Å². The summed E-state index contributed by atoms with van der Waals surface area (Å²) in [6, 6.07) is 0. The maximum absolute atomic E-state index is 12.1. The van der Waals surface area contributed by atoms with Gasteiger partial charge in [-0.05, 0) is 6.92 Å². The number of hydrogen-bond donors (Lipinski definition) is 2. The summed E-state index contributed by atoms with van der Waals surface area (Å²) >= 11 is 1.03. The number of thiazole rings is 1. The number of halogens is 3. The third-order valence-electron chi connectivity index (χ3n) is 2.25. The Kier molecular flexibility index (Phi) is 4.98. The van der Waals surface area contributed by atoms with Crippen LogP contribution in [0.2, 0.25) is 0 Å². The molecule has 19 heavy (non-hydrogen) atoms. The molecule has 0 saturated heterocycles. The zero-order valence-electron chi connectivity index (χ0n) is 10.5. The Labute approximate surface area is 112 Å². The SMILES string of the molecule is CCNc1nc(N)c(C(=O)N(C)CCC(F)(F)F)s1. The van der Waals surface area contributed by atoms with Gasteiger partial charge in [0.05, 0.1) is 6.42 Å². The topological polar surface area (TPSA) is 71.2 Å². The highest BCUT2D eigenvalue weighted by atomic mass is 32.1. The van der Waals surface area contributed by atoms with Crippen LogP contribution in [0.5, 0.6) is 0 Å². The summed E-state index contributed by atoms with van der Waals surface area (Å²) in [5.74, 6) is -0.520. The van der Waals surface area contributed by atoms with E-state index >= 15 is 0 Å². The number of nitrogens with two attached hydrogens (primary N) is 1. The molecule has 1 heterocycles. The number of nitrogens with one attached hydrogen (secondary N) is 1. The van der Waals surface area contributed by atoms with E-state index in [1.807, 2.05) is 6.92 Å². The predicted molar refractivity (Wildman–Crippen MR) is 68.3 cm³/mol. The number of anilines is 2. The summed E-state index contributed by atoms with van der Waals surface area (Å²) in [4.78, 5) is 17.0. The van der Waals surface area contributed by atoms with Crippen LogP contribution >= 0.6 is 11.3 Å². The van der Waals surface area contributed by atoms with E-state index in [1.54, 1.807) is 0 Å². The van der Waals surface area contributed by atoms with Crippen molar-refractivity contribution in [2.24, 2.45) is 0 Å². The first-order valence-corrected chi connectivity index (χ1v) is 6.38. The molecule has 1 aromatic heterocycles. The normalized spacial score (nSPS) is 11.4. The second-order valence-electron chi connectivity index (χ2n) is 3.86. The lowest BCUT2D eigenvalue weighted by molar-refractivity contribution is -0.136. The maximum Gasteiger partial charge on any atom is 0.390 e. The largest absolute Gasteiger partial charge is 0.390 e. The molecule has 0 aliphatic rings. The van der Waals surface area contributed by atoms with E-state index in [9.17, 15) is 18.0 Å². The van der Waals surface area contributed by atoms with Crippen LogP contribution in [-0.2, 0) is 0 Å². The molecule has 1 amide bonds. The average Bonchev–Trinajstić information content (AvgIpc) is 2.66. The number of amides is 1. The average molecular weight is 296 g/mol. The number of nitrogen functional groups attached to an aromatic ring is 1. The summed E-state index contributed by atoms with van der Waals surface area (Å²) < 4.78 is 36.2. The zero-order valence-corrected chi connectivity index (χ0v) is 11.4. The van der Waals surface area contributed by atoms with Gasteiger partial charge in [-0.2, -0.15) is 13.2 Å². The molecular weight excluding hydrogens is 281 g/mol. The summed E-state index contributed by atoms with van der Waals surface area (Å²) in [7, 11) is 1.31. The number of carbonyl (C=O) groups is 1. The highest BCUT2D eigenvalue weighted by Crippen LogP contribution is 2.26. The van der Waals surface area contributed by atoms with Crippen molar-refractivity contribution in [3.63, 3.8) is 0 Å². The summed E-state index contributed by atoms with van der Waals surface area (Å²) in [5.41, 5.74) is 5.58. The first-order valence-electron chi connectivity index (χ1n) is 5.57. The quantitative estimate of drug-likeness (QED) is 0.873. The molecule has 0 atom stereocenters. The van der Waals surface area contributed by atoms with Gasteiger partial charge in [0.15, 0.2) is 5.13 Å². The molecule has 1 aromatic rings. The molecule has 0 radical (unpaired) electrons. The third kappa shape index (κ3) is 4.58. The van der Waals surface area contributed by atoms with Gasteiger partial charge in [0.25, 0.3) is 5.91 Å².